The molecule has 0 bridgehead atoms. The van der Waals surface area contributed by atoms with Gasteiger partial charge in [0.05, 0.1) is 12.1 Å². The van der Waals surface area contributed by atoms with E-state index in [0.29, 0.717) is 25.9 Å². The molecule has 1 heterocycles. The van der Waals surface area contributed by atoms with Crippen LogP contribution in [0.15, 0.2) is 0 Å². The van der Waals surface area contributed by atoms with Crippen LogP contribution in [0.1, 0.15) is 75.2 Å². The maximum atomic E-state index is 13.0. The van der Waals surface area contributed by atoms with Crippen LogP contribution in [0.4, 0.5) is 14.4 Å². The van der Waals surface area contributed by atoms with Crippen molar-refractivity contribution in [2.24, 2.45) is 16.2 Å². The number of amides is 3. The Morgan fingerprint density at radius 3 is 1.63 bits per heavy atom. The maximum absolute atomic E-state index is 13.0. The summed E-state index contributed by atoms with van der Waals surface area (Å²) < 4.78 is 0. The van der Waals surface area contributed by atoms with Crippen molar-refractivity contribution in [3.63, 3.8) is 0 Å². The third kappa shape index (κ3) is 8.44. The fraction of sp³-hybridized carbons (Fsp3) is 0.880. The number of carbonyl (C=O) groups is 3. The summed E-state index contributed by atoms with van der Waals surface area (Å²) in [7, 11) is 0. The van der Waals surface area contributed by atoms with Gasteiger partial charge in [0.15, 0.2) is 0 Å². The summed E-state index contributed by atoms with van der Waals surface area (Å²) >= 11 is 0. The van der Waals surface area contributed by atoms with Gasteiger partial charge in [-0.2, -0.15) is 0 Å². The molecule has 3 unspecified atom stereocenters. The lowest BCUT2D eigenvalue weighted by atomic mass is 9.69. The number of nitrogens with one attached hydrogen (secondary N) is 1. The van der Waals surface area contributed by atoms with Gasteiger partial charge in [-0.1, -0.05) is 62.3 Å². The molecule has 0 aromatic rings. The van der Waals surface area contributed by atoms with Gasteiger partial charge in [0.2, 0.25) is 0 Å². The summed E-state index contributed by atoms with van der Waals surface area (Å²) in [5, 5.41) is 33.8. The Hall–Kier alpha value is -2.23. The maximum Gasteiger partial charge on any atom is 0.407 e. The topological polar surface area (TPSA) is 134 Å². The summed E-state index contributed by atoms with van der Waals surface area (Å²) in [6, 6.07) is -1.84. The number of rotatable bonds is 0. The van der Waals surface area contributed by atoms with Gasteiger partial charge >= 0.3 is 18.3 Å². The standard InChI is InChI=1S/C25H48N4O6/c1-23(2,3)17-11-15-27(20(30)31)16-13-26-12-10-14-28(21(32)33)18(24(4,5)6)19(25(7,8)9)29(17)22(34)35/h17-19,26H,10-16H2,1-9H3,(H,30,31)(H,32,33)(H,34,35). The van der Waals surface area contributed by atoms with Crippen LogP contribution in [0.25, 0.3) is 0 Å². The minimum atomic E-state index is -1.12. The molecule has 4 N–H and O–H groups in total. The van der Waals surface area contributed by atoms with Crippen molar-refractivity contribution >= 4 is 18.3 Å². The first-order chi connectivity index (χ1) is 15.8. The lowest BCUT2D eigenvalue weighted by Crippen LogP contribution is -2.67. The predicted molar refractivity (Wildman–Crippen MR) is 136 cm³/mol. The van der Waals surface area contributed by atoms with E-state index in [9.17, 15) is 29.7 Å². The molecule has 10 heteroatoms. The minimum absolute atomic E-state index is 0.183. The molecule has 0 aromatic carbocycles. The molecule has 0 spiro atoms. The summed E-state index contributed by atoms with van der Waals surface area (Å²) in [5.41, 5.74) is -1.68. The van der Waals surface area contributed by atoms with Crippen molar-refractivity contribution in [3.05, 3.63) is 0 Å². The van der Waals surface area contributed by atoms with Gasteiger partial charge in [-0.05, 0) is 35.6 Å². The normalized spacial score (nSPS) is 24.6. The van der Waals surface area contributed by atoms with Crippen LogP contribution in [0.3, 0.4) is 0 Å². The average molecular weight is 501 g/mol. The summed E-state index contributed by atoms with van der Waals surface area (Å²) in [5.74, 6) is 0. The molecule has 35 heavy (non-hydrogen) atoms. The second-order valence-corrected chi connectivity index (χ2v) is 12.8. The van der Waals surface area contributed by atoms with E-state index in [4.69, 9.17) is 0 Å². The number of carboxylic acid groups (broad SMARTS) is 3. The van der Waals surface area contributed by atoms with Crippen LogP contribution in [0, 0.1) is 16.2 Å². The molecule has 0 aliphatic carbocycles. The molecule has 1 aliphatic rings. The number of hydrogen-bond acceptors (Lipinski definition) is 4. The molecule has 10 nitrogen and oxygen atoms in total. The molecule has 0 aromatic heterocycles. The first-order valence-electron chi connectivity index (χ1n) is 12.5. The van der Waals surface area contributed by atoms with Gasteiger partial charge in [0.1, 0.15) is 0 Å². The minimum Gasteiger partial charge on any atom is -0.465 e. The third-order valence-electron chi connectivity index (χ3n) is 6.77. The highest BCUT2D eigenvalue weighted by Crippen LogP contribution is 2.42. The third-order valence-corrected chi connectivity index (χ3v) is 6.77. The fourth-order valence-electron chi connectivity index (χ4n) is 5.24. The molecule has 1 aliphatic heterocycles. The van der Waals surface area contributed by atoms with Crippen molar-refractivity contribution in [1.29, 1.82) is 0 Å². The second-order valence-electron chi connectivity index (χ2n) is 12.8. The Kier molecular flexibility index (Phi) is 10.3. The first kappa shape index (κ1) is 30.8. The molecular formula is C25H48N4O6. The van der Waals surface area contributed by atoms with E-state index in [1.807, 2.05) is 62.3 Å². The molecule has 204 valence electrons. The molecule has 3 amide bonds. The van der Waals surface area contributed by atoms with Crippen LogP contribution in [-0.2, 0) is 0 Å². The van der Waals surface area contributed by atoms with E-state index in [1.54, 1.807) is 0 Å². The Morgan fingerprint density at radius 2 is 1.23 bits per heavy atom. The molecule has 0 radical (unpaired) electrons. The Labute approximate surface area is 210 Å². The zero-order valence-corrected chi connectivity index (χ0v) is 23.1. The van der Waals surface area contributed by atoms with Crippen LogP contribution in [0.2, 0.25) is 0 Å². The number of hydrogen-bond donors (Lipinski definition) is 4. The predicted octanol–water partition coefficient (Wildman–Crippen LogP) is 4.55. The lowest BCUT2D eigenvalue weighted by Gasteiger charge is -2.55. The van der Waals surface area contributed by atoms with E-state index in [1.165, 1.54) is 14.7 Å². The van der Waals surface area contributed by atoms with Crippen LogP contribution >= 0.6 is 0 Å². The summed E-state index contributed by atoms with van der Waals surface area (Å²) in [6.07, 6.45) is -2.40. The van der Waals surface area contributed by atoms with E-state index in [0.717, 1.165) is 0 Å². The molecule has 0 saturated carbocycles. The summed E-state index contributed by atoms with van der Waals surface area (Å²) in [4.78, 5) is 41.6. The number of nitrogens with zero attached hydrogens (tertiary/aromatic N) is 3. The van der Waals surface area contributed by atoms with Crippen LogP contribution in [-0.4, -0.2) is 99.1 Å². The van der Waals surface area contributed by atoms with Gasteiger partial charge < -0.3 is 30.4 Å². The van der Waals surface area contributed by atoms with Gasteiger partial charge in [0, 0.05) is 32.2 Å². The van der Waals surface area contributed by atoms with Gasteiger partial charge in [-0.25, -0.2) is 14.4 Å². The van der Waals surface area contributed by atoms with Crippen molar-refractivity contribution < 1.29 is 29.7 Å². The van der Waals surface area contributed by atoms with E-state index < -0.39 is 52.7 Å². The summed E-state index contributed by atoms with van der Waals surface area (Å²) in [6.45, 7) is 19.2. The van der Waals surface area contributed by atoms with Crippen molar-refractivity contribution in [2.45, 2.75) is 93.3 Å². The van der Waals surface area contributed by atoms with Crippen LogP contribution in [0.5, 0.6) is 0 Å². The molecule has 1 rings (SSSR count). The smallest absolute Gasteiger partial charge is 0.407 e. The zero-order valence-electron chi connectivity index (χ0n) is 23.1. The van der Waals surface area contributed by atoms with Crippen LogP contribution < -0.4 is 5.32 Å². The Balaban J connectivity index is 3.84. The van der Waals surface area contributed by atoms with E-state index >= 15 is 0 Å². The highest BCUT2D eigenvalue weighted by Gasteiger charge is 2.51. The monoisotopic (exact) mass is 500 g/mol. The Bertz CT molecular complexity index is 738. The SMILES string of the molecule is CC(C)(C)C1C(C(C)(C)C)N(C(=O)O)C(C(C)(C)C)CCN(C(=O)O)CCNCCCN1C(=O)O. The highest BCUT2D eigenvalue weighted by atomic mass is 16.4. The molecule has 3 atom stereocenters. The highest BCUT2D eigenvalue weighted by molar-refractivity contribution is 5.68. The average Bonchev–Trinajstić information content (AvgIpc) is 2.64. The first-order valence-corrected chi connectivity index (χ1v) is 12.5. The van der Waals surface area contributed by atoms with Crippen molar-refractivity contribution in [2.75, 3.05) is 32.7 Å². The zero-order chi connectivity index (χ0) is 27.4. The van der Waals surface area contributed by atoms with Gasteiger partial charge in [-0.3, -0.25) is 4.90 Å². The largest absolute Gasteiger partial charge is 0.465 e. The molecule has 1 fully saturated rings. The van der Waals surface area contributed by atoms with Gasteiger partial charge in [-0.15, -0.1) is 0 Å². The quantitative estimate of drug-likeness (QED) is 0.383. The fourth-order valence-corrected chi connectivity index (χ4v) is 5.24. The van der Waals surface area contributed by atoms with E-state index in [-0.39, 0.29) is 19.6 Å². The van der Waals surface area contributed by atoms with Gasteiger partial charge in [0.25, 0.3) is 0 Å². The van der Waals surface area contributed by atoms with Crippen molar-refractivity contribution in [1.82, 2.24) is 20.0 Å². The van der Waals surface area contributed by atoms with E-state index in [2.05, 4.69) is 5.32 Å². The molecule has 1 saturated heterocycles. The second kappa shape index (κ2) is 11.7. The Morgan fingerprint density at radius 1 is 0.686 bits per heavy atom. The lowest BCUT2D eigenvalue weighted by molar-refractivity contribution is -0.0533. The molecular weight excluding hydrogens is 452 g/mol. The van der Waals surface area contributed by atoms with Crippen molar-refractivity contribution in [3.8, 4) is 0 Å².